The smallest absolute Gasteiger partial charge is 0.269 e. The van der Waals surface area contributed by atoms with Crippen LogP contribution in [-0.2, 0) is 17.9 Å². The van der Waals surface area contributed by atoms with E-state index in [2.05, 4.69) is 16.2 Å². The summed E-state index contributed by atoms with van der Waals surface area (Å²) in [5.74, 6) is -3.11. The van der Waals surface area contributed by atoms with Crippen molar-refractivity contribution in [1.82, 2.24) is 19.2 Å². The third kappa shape index (κ3) is 2.26. The van der Waals surface area contributed by atoms with Crippen LogP contribution in [0, 0.1) is 16.7 Å². The third-order valence-corrected chi connectivity index (χ3v) is 6.11. The molecule has 0 saturated heterocycles. The normalized spacial score (nSPS) is 25.4. The Balaban J connectivity index is 1.55. The minimum absolute atomic E-state index is 0.00183. The molecule has 6 nitrogen and oxygen atoms in total. The molecule has 0 aromatic carbocycles. The van der Waals surface area contributed by atoms with E-state index in [-0.39, 0.29) is 28.1 Å². The van der Waals surface area contributed by atoms with Crippen molar-refractivity contribution in [2.24, 2.45) is 5.41 Å². The number of rotatable bonds is 4. The Bertz CT molecular complexity index is 1240. The van der Waals surface area contributed by atoms with Gasteiger partial charge >= 0.3 is 0 Å². The molecular formula is C19H14ClF2N5O. The number of nitriles is 1. The number of pyridine rings is 1. The molecule has 0 spiro atoms. The maximum Gasteiger partial charge on any atom is 0.288 e. The number of hydrogen-bond acceptors (Lipinski definition) is 4. The van der Waals surface area contributed by atoms with Crippen LogP contribution in [0.4, 0.5) is 8.78 Å². The molecule has 0 unspecified atom stereocenters. The lowest BCUT2D eigenvalue weighted by atomic mass is 10.1. The average Bonchev–Trinajstić information content (AvgIpc) is 3.40. The monoisotopic (exact) mass is 401 g/mol. The zero-order valence-electron chi connectivity index (χ0n) is 14.8. The molecule has 2 saturated carbocycles. The lowest BCUT2D eigenvalue weighted by molar-refractivity contribution is 0.0121. The molecule has 0 radical (unpaired) electrons. The first-order valence-electron chi connectivity index (χ1n) is 8.74. The van der Waals surface area contributed by atoms with Crippen molar-refractivity contribution < 1.29 is 8.78 Å². The molecule has 0 atom stereocenters. The number of halogens is 3. The van der Waals surface area contributed by atoms with Gasteiger partial charge in [-0.05, 0) is 25.0 Å². The van der Waals surface area contributed by atoms with Crippen LogP contribution < -0.4 is 5.56 Å². The highest BCUT2D eigenvalue weighted by Gasteiger charge is 2.85. The molecule has 2 fully saturated rings. The zero-order chi connectivity index (χ0) is 19.9. The Morgan fingerprint density at radius 1 is 1.36 bits per heavy atom. The summed E-state index contributed by atoms with van der Waals surface area (Å²) < 4.78 is 29.6. The molecule has 0 N–H and O–H groups in total. The molecule has 3 aromatic rings. The van der Waals surface area contributed by atoms with Crippen LogP contribution in [0.15, 0.2) is 35.1 Å². The van der Waals surface area contributed by atoms with Crippen molar-refractivity contribution in [3.05, 3.63) is 62.9 Å². The average molecular weight is 402 g/mol. The predicted molar refractivity (Wildman–Crippen MR) is 96.3 cm³/mol. The second-order valence-corrected chi connectivity index (χ2v) is 8.11. The molecule has 2 aliphatic carbocycles. The van der Waals surface area contributed by atoms with E-state index in [0.717, 1.165) is 31.5 Å². The van der Waals surface area contributed by atoms with Gasteiger partial charge < -0.3 is 0 Å². The number of alkyl halides is 2. The minimum atomic E-state index is -3.11. The SMILES string of the molecule is CC(F)(F)c1cc(Cl)n(Cc2cc(=O)n3c(C45CC4(C#N)C5)cccc3n2)n1. The van der Waals surface area contributed by atoms with E-state index in [1.165, 1.54) is 15.1 Å². The van der Waals surface area contributed by atoms with Gasteiger partial charge in [-0.15, -0.1) is 0 Å². The quantitative estimate of drug-likeness (QED) is 0.672. The molecule has 9 heteroatoms. The molecule has 28 heavy (non-hydrogen) atoms. The molecular weight excluding hydrogens is 388 g/mol. The second kappa shape index (κ2) is 5.17. The number of fused-ring (bicyclic) bond motifs is 2. The van der Waals surface area contributed by atoms with Crippen LogP contribution in [0.1, 0.15) is 36.8 Å². The van der Waals surface area contributed by atoms with Gasteiger partial charge in [-0.25, -0.2) is 9.67 Å². The Hall–Kier alpha value is -2.79. The molecule has 0 aliphatic heterocycles. The van der Waals surface area contributed by atoms with E-state index < -0.39 is 11.6 Å². The number of aromatic nitrogens is 4. The number of nitrogens with zero attached hydrogens (tertiary/aromatic N) is 5. The van der Waals surface area contributed by atoms with Crippen LogP contribution in [0.5, 0.6) is 0 Å². The lowest BCUT2D eigenvalue weighted by Crippen LogP contribution is -2.22. The van der Waals surface area contributed by atoms with Gasteiger partial charge in [0.25, 0.3) is 11.5 Å². The van der Waals surface area contributed by atoms with Crippen LogP contribution in [0.3, 0.4) is 0 Å². The topological polar surface area (TPSA) is 76.0 Å². The molecule has 142 valence electrons. The van der Waals surface area contributed by atoms with E-state index >= 15 is 0 Å². The molecule has 3 aromatic heterocycles. The van der Waals surface area contributed by atoms with Crippen LogP contribution in [-0.4, -0.2) is 19.2 Å². The summed E-state index contributed by atoms with van der Waals surface area (Å²) in [6, 6.07) is 10.2. The van der Waals surface area contributed by atoms with Crippen molar-refractivity contribution >= 4 is 17.2 Å². The van der Waals surface area contributed by atoms with Crippen molar-refractivity contribution in [1.29, 1.82) is 5.26 Å². The van der Waals surface area contributed by atoms with Crippen molar-refractivity contribution in [3.8, 4) is 6.07 Å². The second-order valence-electron chi connectivity index (χ2n) is 7.72. The minimum Gasteiger partial charge on any atom is -0.269 e. The van der Waals surface area contributed by atoms with Crippen molar-refractivity contribution in [2.75, 3.05) is 0 Å². The van der Waals surface area contributed by atoms with Gasteiger partial charge in [-0.1, -0.05) is 17.7 Å². The Morgan fingerprint density at radius 2 is 2.11 bits per heavy atom. The van der Waals surface area contributed by atoms with E-state index in [9.17, 15) is 18.8 Å². The third-order valence-electron chi connectivity index (χ3n) is 5.81. The summed E-state index contributed by atoms with van der Waals surface area (Å²) in [5.41, 5.74) is 0.343. The molecule has 0 amide bonds. The highest BCUT2D eigenvalue weighted by atomic mass is 35.5. The Labute approximate surface area is 163 Å². The van der Waals surface area contributed by atoms with Crippen LogP contribution in [0.25, 0.3) is 5.65 Å². The summed E-state index contributed by atoms with van der Waals surface area (Å²) >= 11 is 6.01. The first-order valence-corrected chi connectivity index (χ1v) is 9.12. The fourth-order valence-electron chi connectivity index (χ4n) is 4.03. The summed E-state index contributed by atoms with van der Waals surface area (Å²) in [6.07, 6.45) is 1.53. The standard InChI is InChI=1S/C19H14ClF2N5O/c1-17(21,22)12-6-14(20)26(25-12)7-11-5-16(28)27-13(3-2-4-15(27)24-11)19-8-18(19,9-19)10-23/h2-6H,7-9H2,1H3. The zero-order valence-corrected chi connectivity index (χ0v) is 15.5. The molecule has 5 rings (SSSR count). The van der Waals surface area contributed by atoms with Gasteiger partial charge in [0, 0.05) is 30.2 Å². The van der Waals surface area contributed by atoms with E-state index in [0.29, 0.717) is 11.3 Å². The summed E-state index contributed by atoms with van der Waals surface area (Å²) in [5, 5.41) is 13.2. The Morgan fingerprint density at radius 3 is 2.71 bits per heavy atom. The molecule has 3 heterocycles. The molecule has 2 aliphatic rings. The van der Waals surface area contributed by atoms with Crippen molar-refractivity contribution in [2.45, 2.75) is 37.6 Å². The summed E-state index contributed by atoms with van der Waals surface area (Å²) in [4.78, 5) is 17.3. The fourth-order valence-corrected chi connectivity index (χ4v) is 4.23. The van der Waals surface area contributed by atoms with Gasteiger partial charge in [0.15, 0.2) is 0 Å². The highest BCUT2D eigenvalue weighted by molar-refractivity contribution is 6.29. The number of hydrogen-bond donors (Lipinski definition) is 0. The largest absolute Gasteiger partial charge is 0.288 e. The van der Waals surface area contributed by atoms with Crippen LogP contribution >= 0.6 is 11.6 Å². The van der Waals surface area contributed by atoms with Gasteiger partial charge in [-0.3, -0.25) is 9.20 Å². The van der Waals surface area contributed by atoms with Gasteiger partial charge in [0.05, 0.1) is 23.7 Å². The highest BCUT2D eigenvalue weighted by Crippen LogP contribution is 2.85. The van der Waals surface area contributed by atoms with Crippen molar-refractivity contribution in [3.63, 3.8) is 0 Å². The fraction of sp³-hybridized carbons (Fsp3) is 0.368. The maximum absolute atomic E-state index is 13.5. The summed E-state index contributed by atoms with van der Waals surface area (Å²) in [7, 11) is 0. The summed E-state index contributed by atoms with van der Waals surface area (Å²) in [6.45, 7) is 0.743. The maximum atomic E-state index is 13.5. The van der Waals surface area contributed by atoms with E-state index in [4.69, 9.17) is 11.6 Å². The van der Waals surface area contributed by atoms with Gasteiger partial charge in [0.1, 0.15) is 16.5 Å². The Kier molecular flexibility index (Phi) is 3.20. The van der Waals surface area contributed by atoms with Gasteiger partial charge in [-0.2, -0.15) is 19.1 Å². The van der Waals surface area contributed by atoms with E-state index in [1.807, 2.05) is 12.1 Å². The van der Waals surface area contributed by atoms with E-state index in [1.54, 1.807) is 6.07 Å². The first kappa shape index (κ1) is 17.3. The predicted octanol–water partition coefficient (Wildman–Crippen LogP) is 3.26. The molecule has 0 bridgehead atoms. The first-order chi connectivity index (χ1) is 13.2. The van der Waals surface area contributed by atoms with Crippen LogP contribution in [0.2, 0.25) is 5.15 Å². The van der Waals surface area contributed by atoms with Gasteiger partial charge in [0.2, 0.25) is 0 Å². The lowest BCUT2D eigenvalue weighted by Gasteiger charge is -2.11.